The molecule has 1 fully saturated rings. The fourth-order valence-electron chi connectivity index (χ4n) is 3.18. The van der Waals surface area contributed by atoms with Crippen molar-refractivity contribution in [2.75, 3.05) is 0 Å². The van der Waals surface area contributed by atoms with Crippen LogP contribution in [0.3, 0.4) is 0 Å². The Morgan fingerprint density at radius 2 is 2.00 bits per heavy atom. The van der Waals surface area contributed by atoms with E-state index in [9.17, 15) is 0 Å². The molecular formula is C16H21Cl3. The summed E-state index contributed by atoms with van der Waals surface area (Å²) in [5, 5.41) is 1.76. The number of halogens is 3. The van der Waals surface area contributed by atoms with E-state index in [2.05, 4.69) is 6.92 Å². The summed E-state index contributed by atoms with van der Waals surface area (Å²) in [6.45, 7) is 2.26. The lowest BCUT2D eigenvalue weighted by atomic mass is 9.76. The highest BCUT2D eigenvalue weighted by molar-refractivity contribution is 6.35. The first-order chi connectivity index (χ1) is 9.10. The molecule has 1 aromatic rings. The molecule has 1 aromatic carbocycles. The van der Waals surface area contributed by atoms with E-state index in [0.29, 0.717) is 16.3 Å². The molecular weight excluding hydrogens is 299 g/mol. The van der Waals surface area contributed by atoms with E-state index in [-0.39, 0.29) is 0 Å². The van der Waals surface area contributed by atoms with Crippen molar-refractivity contribution >= 4 is 34.8 Å². The second kappa shape index (κ2) is 7.20. The molecule has 1 aliphatic carbocycles. The monoisotopic (exact) mass is 318 g/mol. The first kappa shape index (κ1) is 15.5. The molecule has 0 saturated heterocycles. The van der Waals surface area contributed by atoms with Crippen LogP contribution in [-0.2, 0) is 6.42 Å². The first-order valence-corrected chi connectivity index (χ1v) is 8.37. The van der Waals surface area contributed by atoms with Gasteiger partial charge >= 0.3 is 0 Å². The minimum atomic E-state index is 0.292. The maximum atomic E-state index is 6.51. The maximum absolute atomic E-state index is 6.51. The van der Waals surface area contributed by atoms with Crippen LogP contribution in [0.5, 0.6) is 0 Å². The highest BCUT2D eigenvalue weighted by Crippen LogP contribution is 2.38. The number of rotatable bonds is 4. The van der Waals surface area contributed by atoms with Gasteiger partial charge in [0.2, 0.25) is 0 Å². The number of benzene rings is 1. The summed E-state index contributed by atoms with van der Waals surface area (Å²) in [5.41, 5.74) is 1.18. The maximum Gasteiger partial charge on any atom is 0.0452 e. The molecule has 1 aliphatic rings. The summed E-state index contributed by atoms with van der Waals surface area (Å²) in [6, 6.07) is 5.78. The molecule has 0 heterocycles. The summed E-state index contributed by atoms with van der Waals surface area (Å²) in [7, 11) is 0. The zero-order valence-corrected chi connectivity index (χ0v) is 13.6. The molecule has 3 heteroatoms. The molecule has 0 bridgehead atoms. The van der Waals surface area contributed by atoms with Crippen molar-refractivity contribution in [3.8, 4) is 0 Å². The molecule has 3 unspecified atom stereocenters. The van der Waals surface area contributed by atoms with E-state index in [1.165, 1.54) is 31.2 Å². The third-order valence-electron chi connectivity index (χ3n) is 4.19. The van der Waals surface area contributed by atoms with Crippen LogP contribution < -0.4 is 0 Å². The summed E-state index contributed by atoms with van der Waals surface area (Å²) in [6.07, 6.45) is 7.24. The van der Waals surface area contributed by atoms with Crippen LogP contribution in [0.1, 0.15) is 44.6 Å². The summed E-state index contributed by atoms with van der Waals surface area (Å²) < 4.78 is 0. The van der Waals surface area contributed by atoms with Crippen LogP contribution in [-0.4, -0.2) is 5.38 Å². The van der Waals surface area contributed by atoms with Gasteiger partial charge in [0.25, 0.3) is 0 Å². The second-order valence-electron chi connectivity index (χ2n) is 5.68. The smallest absolute Gasteiger partial charge is 0.0452 e. The van der Waals surface area contributed by atoms with Crippen molar-refractivity contribution in [1.29, 1.82) is 0 Å². The highest BCUT2D eigenvalue weighted by Gasteiger charge is 2.29. The van der Waals surface area contributed by atoms with Gasteiger partial charge in [0.05, 0.1) is 0 Å². The van der Waals surface area contributed by atoms with Gasteiger partial charge in [-0.05, 0) is 55.2 Å². The van der Waals surface area contributed by atoms with Gasteiger partial charge in [0.1, 0.15) is 0 Å². The van der Waals surface area contributed by atoms with Crippen molar-refractivity contribution in [2.45, 2.75) is 50.8 Å². The van der Waals surface area contributed by atoms with Crippen LogP contribution in [0.2, 0.25) is 10.0 Å². The molecule has 0 aliphatic heterocycles. The average molecular weight is 320 g/mol. The highest BCUT2D eigenvalue weighted by atomic mass is 35.5. The van der Waals surface area contributed by atoms with Crippen molar-refractivity contribution in [3.05, 3.63) is 33.8 Å². The van der Waals surface area contributed by atoms with Gasteiger partial charge in [-0.15, -0.1) is 11.6 Å². The molecule has 0 radical (unpaired) electrons. The molecule has 0 N–H and O–H groups in total. The summed E-state index contributed by atoms with van der Waals surface area (Å²) in [5.74, 6) is 1.39. The standard InChI is InChI=1S/C16H21Cl3/c1-2-3-11-4-7-15(18)13(8-11)9-12-5-6-14(17)10-16(12)19/h5-6,10-11,13,15H,2-4,7-9H2,1H3. The first-order valence-electron chi connectivity index (χ1n) is 7.18. The number of hydrogen-bond donors (Lipinski definition) is 0. The lowest BCUT2D eigenvalue weighted by Crippen LogP contribution is -2.27. The third kappa shape index (κ3) is 4.28. The molecule has 2 rings (SSSR count). The van der Waals surface area contributed by atoms with Crippen molar-refractivity contribution in [2.24, 2.45) is 11.8 Å². The molecule has 0 spiro atoms. The summed E-state index contributed by atoms with van der Waals surface area (Å²) >= 11 is 18.7. The van der Waals surface area contributed by atoms with Gasteiger partial charge < -0.3 is 0 Å². The fraction of sp³-hybridized carbons (Fsp3) is 0.625. The molecule has 19 heavy (non-hydrogen) atoms. The zero-order valence-electron chi connectivity index (χ0n) is 11.3. The second-order valence-corrected chi connectivity index (χ2v) is 7.09. The van der Waals surface area contributed by atoms with Crippen LogP contribution in [0.4, 0.5) is 0 Å². The number of hydrogen-bond acceptors (Lipinski definition) is 0. The van der Waals surface area contributed by atoms with Gasteiger partial charge in [0, 0.05) is 15.4 Å². The van der Waals surface area contributed by atoms with E-state index in [0.717, 1.165) is 23.8 Å². The average Bonchev–Trinajstić information content (AvgIpc) is 2.37. The van der Waals surface area contributed by atoms with Crippen LogP contribution in [0, 0.1) is 11.8 Å². The van der Waals surface area contributed by atoms with Crippen molar-refractivity contribution < 1.29 is 0 Å². The predicted octanol–water partition coefficient (Wildman–Crippen LogP) is 6.36. The van der Waals surface area contributed by atoms with E-state index >= 15 is 0 Å². The Kier molecular flexibility index (Phi) is 5.87. The Bertz CT molecular complexity index is 416. The fourth-order valence-corrected chi connectivity index (χ4v) is 3.98. The third-order valence-corrected chi connectivity index (χ3v) is 5.35. The van der Waals surface area contributed by atoms with E-state index in [1.54, 1.807) is 0 Å². The molecule has 3 atom stereocenters. The Hall–Kier alpha value is 0.0900. The van der Waals surface area contributed by atoms with Crippen LogP contribution in [0.25, 0.3) is 0 Å². The number of alkyl halides is 1. The molecule has 0 aromatic heterocycles. The minimum Gasteiger partial charge on any atom is -0.123 e. The SMILES string of the molecule is CCCC1CCC(Cl)C(Cc2ccc(Cl)cc2Cl)C1. The Morgan fingerprint density at radius 1 is 1.21 bits per heavy atom. The molecule has 106 valence electrons. The topological polar surface area (TPSA) is 0 Å². The van der Waals surface area contributed by atoms with Gasteiger partial charge in [-0.1, -0.05) is 49.0 Å². The van der Waals surface area contributed by atoms with Gasteiger partial charge in [-0.3, -0.25) is 0 Å². The lowest BCUT2D eigenvalue weighted by molar-refractivity contribution is 0.257. The quantitative estimate of drug-likeness (QED) is 0.566. The molecule has 0 nitrogen and oxygen atoms in total. The van der Waals surface area contributed by atoms with Crippen LogP contribution in [0.15, 0.2) is 18.2 Å². The molecule has 1 saturated carbocycles. The largest absolute Gasteiger partial charge is 0.123 e. The van der Waals surface area contributed by atoms with Gasteiger partial charge in [0.15, 0.2) is 0 Å². The summed E-state index contributed by atoms with van der Waals surface area (Å²) in [4.78, 5) is 0. The van der Waals surface area contributed by atoms with Crippen LogP contribution >= 0.6 is 34.8 Å². The lowest BCUT2D eigenvalue weighted by Gasteiger charge is -2.33. The van der Waals surface area contributed by atoms with E-state index in [1.807, 2.05) is 18.2 Å². The van der Waals surface area contributed by atoms with Gasteiger partial charge in [-0.25, -0.2) is 0 Å². The Labute approximate surface area is 131 Å². The predicted molar refractivity (Wildman–Crippen MR) is 85.5 cm³/mol. The van der Waals surface area contributed by atoms with Gasteiger partial charge in [-0.2, -0.15) is 0 Å². The van der Waals surface area contributed by atoms with E-state index < -0.39 is 0 Å². The van der Waals surface area contributed by atoms with Crippen molar-refractivity contribution in [1.82, 2.24) is 0 Å². The minimum absolute atomic E-state index is 0.292. The molecule has 0 amide bonds. The Morgan fingerprint density at radius 3 is 2.68 bits per heavy atom. The van der Waals surface area contributed by atoms with Crippen molar-refractivity contribution in [3.63, 3.8) is 0 Å². The normalized spacial score (nSPS) is 27.5. The zero-order chi connectivity index (χ0) is 13.8. The Balaban J connectivity index is 2.03. The van der Waals surface area contributed by atoms with E-state index in [4.69, 9.17) is 34.8 Å².